The highest BCUT2D eigenvalue weighted by Crippen LogP contribution is 2.40. The van der Waals surface area contributed by atoms with Gasteiger partial charge in [0.15, 0.2) is 0 Å². The van der Waals surface area contributed by atoms with Crippen molar-refractivity contribution >= 4 is 17.2 Å². The molecule has 2 heterocycles. The van der Waals surface area contributed by atoms with Crippen LogP contribution in [0, 0.1) is 13.8 Å². The van der Waals surface area contributed by atoms with Gasteiger partial charge < -0.3 is 5.32 Å². The van der Waals surface area contributed by atoms with Crippen molar-refractivity contribution in [2.45, 2.75) is 32.6 Å². The molecule has 0 spiro atoms. The second kappa shape index (κ2) is 4.35. The average molecular weight is 259 g/mol. The van der Waals surface area contributed by atoms with Crippen LogP contribution in [0.4, 0.5) is 5.82 Å². The van der Waals surface area contributed by atoms with E-state index in [1.807, 2.05) is 7.05 Å². The molecule has 1 aliphatic carbocycles. The van der Waals surface area contributed by atoms with Crippen LogP contribution < -0.4 is 5.32 Å². The molecule has 3 nitrogen and oxygen atoms in total. The Balaban J connectivity index is 2.14. The molecule has 4 heteroatoms. The maximum Gasteiger partial charge on any atom is 0.134 e. The zero-order valence-electron chi connectivity index (χ0n) is 10.9. The van der Waals surface area contributed by atoms with Crippen LogP contribution in [0.15, 0.2) is 11.4 Å². The predicted molar refractivity (Wildman–Crippen MR) is 76.3 cm³/mol. The normalized spacial score (nSPS) is 14.8. The lowest BCUT2D eigenvalue weighted by atomic mass is 10.1. The number of hydrogen-bond donors (Lipinski definition) is 1. The van der Waals surface area contributed by atoms with Crippen LogP contribution in [0.5, 0.6) is 0 Å². The van der Waals surface area contributed by atoms with Crippen molar-refractivity contribution in [3.05, 3.63) is 27.7 Å². The van der Waals surface area contributed by atoms with Crippen molar-refractivity contribution in [2.75, 3.05) is 12.4 Å². The second-order valence-electron chi connectivity index (χ2n) is 4.87. The largest absolute Gasteiger partial charge is 0.373 e. The van der Waals surface area contributed by atoms with E-state index >= 15 is 0 Å². The predicted octanol–water partition coefficient (Wildman–Crippen LogP) is 3.74. The van der Waals surface area contributed by atoms with Gasteiger partial charge in [0.1, 0.15) is 11.6 Å². The van der Waals surface area contributed by atoms with Gasteiger partial charge in [0, 0.05) is 34.3 Å². The van der Waals surface area contributed by atoms with Crippen molar-refractivity contribution in [1.82, 2.24) is 9.97 Å². The van der Waals surface area contributed by atoms with Crippen molar-refractivity contribution in [3.8, 4) is 11.3 Å². The first-order valence-corrected chi connectivity index (χ1v) is 7.19. The lowest BCUT2D eigenvalue weighted by molar-refractivity contribution is 0.924. The lowest BCUT2D eigenvalue weighted by Crippen LogP contribution is -2.04. The van der Waals surface area contributed by atoms with Gasteiger partial charge in [-0.3, -0.25) is 0 Å². The molecule has 2 aromatic heterocycles. The number of nitrogens with zero attached hydrogens (tertiary/aromatic N) is 2. The molecule has 1 aliphatic rings. The van der Waals surface area contributed by atoms with Crippen LogP contribution in [0.3, 0.4) is 0 Å². The monoisotopic (exact) mass is 259 g/mol. The summed E-state index contributed by atoms with van der Waals surface area (Å²) < 4.78 is 0. The smallest absolute Gasteiger partial charge is 0.134 e. The van der Waals surface area contributed by atoms with E-state index in [1.54, 1.807) is 11.3 Å². The molecule has 0 aromatic carbocycles. The molecule has 0 radical (unpaired) electrons. The van der Waals surface area contributed by atoms with Gasteiger partial charge in [-0.25, -0.2) is 9.97 Å². The van der Waals surface area contributed by atoms with Crippen LogP contribution in [0.2, 0.25) is 0 Å². The average Bonchev–Trinajstić information content (AvgIpc) is 3.12. The highest BCUT2D eigenvalue weighted by molar-refractivity contribution is 7.10. The molecule has 3 rings (SSSR count). The van der Waals surface area contributed by atoms with Gasteiger partial charge in [0.2, 0.25) is 0 Å². The van der Waals surface area contributed by atoms with E-state index in [2.05, 4.69) is 35.6 Å². The van der Waals surface area contributed by atoms with Gasteiger partial charge in [-0.05, 0) is 32.8 Å². The number of rotatable bonds is 3. The summed E-state index contributed by atoms with van der Waals surface area (Å²) in [7, 11) is 1.93. The fourth-order valence-electron chi connectivity index (χ4n) is 2.15. The molecule has 0 saturated heterocycles. The standard InChI is InChI=1S/C14H17N3S/c1-8-6-11(7-18-8)12-9(2)13(15-3)17-14(16-12)10-4-5-10/h6-7,10H,4-5H2,1-3H3,(H,15,16,17). The van der Waals surface area contributed by atoms with Gasteiger partial charge in [0.25, 0.3) is 0 Å². The van der Waals surface area contributed by atoms with Gasteiger partial charge in [0.05, 0.1) is 5.69 Å². The maximum atomic E-state index is 4.78. The zero-order valence-corrected chi connectivity index (χ0v) is 11.8. The summed E-state index contributed by atoms with van der Waals surface area (Å²) in [5.41, 5.74) is 3.44. The summed E-state index contributed by atoms with van der Waals surface area (Å²) in [4.78, 5) is 10.7. The summed E-state index contributed by atoms with van der Waals surface area (Å²) in [5, 5.41) is 5.37. The Kier molecular flexibility index (Phi) is 2.82. The molecule has 0 aliphatic heterocycles. The molecule has 18 heavy (non-hydrogen) atoms. The topological polar surface area (TPSA) is 37.8 Å². The third-order valence-electron chi connectivity index (χ3n) is 3.35. The van der Waals surface area contributed by atoms with Gasteiger partial charge in [-0.15, -0.1) is 11.3 Å². The minimum Gasteiger partial charge on any atom is -0.373 e. The Bertz CT molecular complexity index is 585. The van der Waals surface area contributed by atoms with Crippen LogP contribution in [0.1, 0.15) is 35.0 Å². The van der Waals surface area contributed by atoms with Crippen LogP contribution >= 0.6 is 11.3 Å². The number of aromatic nitrogens is 2. The van der Waals surface area contributed by atoms with Crippen LogP contribution in [-0.4, -0.2) is 17.0 Å². The molecular formula is C14H17N3S. The van der Waals surface area contributed by atoms with E-state index in [0.29, 0.717) is 5.92 Å². The van der Waals surface area contributed by atoms with E-state index in [0.717, 1.165) is 22.9 Å². The first kappa shape index (κ1) is 11.7. The van der Waals surface area contributed by atoms with E-state index in [-0.39, 0.29) is 0 Å². The Hall–Kier alpha value is -1.42. The molecule has 0 bridgehead atoms. The number of anilines is 1. The Labute approximate surface area is 111 Å². The summed E-state index contributed by atoms with van der Waals surface area (Å²) in [5.74, 6) is 2.55. The third kappa shape index (κ3) is 2.01. The van der Waals surface area contributed by atoms with Crippen LogP contribution in [-0.2, 0) is 0 Å². The Morgan fingerprint density at radius 2 is 2.06 bits per heavy atom. The summed E-state index contributed by atoms with van der Waals surface area (Å²) in [6, 6.07) is 2.20. The van der Waals surface area contributed by atoms with Crippen molar-refractivity contribution in [3.63, 3.8) is 0 Å². The molecule has 94 valence electrons. The van der Waals surface area contributed by atoms with Crippen molar-refractivity contribution < 1.29 is 0 Å². The minimum atomic E-state index is 0.580. The number of hydrogen-bond acceptors (Lipinski definition) is 4. The molecule has 1 saturated carbocycles. The minimum absolute atomic E-state index is 0.580. The number of aryl methyl sites for hydroxylation is 1. The molecule has 0 atom stereocenters. The van der Waals surface area contributed by atoms with Crippen molar-refractivity contribution in [2.24, 2.45) is 0 Å². The number of thiophene rings is 1. The quantitative estimate of drug-likeness (QED) is 0.912. The lowest BCUT2D eigenvalue weighted by Gasteiger charge is -2.11. The third-order valence-corrected chi connectivity index (χ3v) is 4.21. The SMILES string of the molecule is CNc1nc(C2CC2)nc(-c2csc(C)c2)c1C. The van der Waals surface area contributed by atoms with Gasteiger partial charge in [-0.2, -0.15) is 0 Å². The first-order valence-electron chi connectivity index (χ1n) is 6.31. The second-order valence-corrected chi connectivity index (χ2v) is 5.99. The molecule has 1 fully saturated rings. The summed E-state index contributed by atoms with van der Waals surface area (Å²) in [6.07, 6.45) is 2.46. The first-order chi connectivity index (χ1) is 8.69. The summed E-state index contributed by atoms with van der Waals surface area (Å²) in [6.45, 7) is 4.22. The zero-order chi connectivity index (χ0) is 12.7. The molecular weight excluding hydrogens is 242 g/mol. The fraction of sp³-hybridized carbons (Fsp3) is 0.429. The van der Waals surface area contributed by atoms with E-state index in [1.165, 1.54) is 23.3 Å². The van der Waals surface area contributed by atoms with E-state index < -0.39 is 0 Å². The molecule has 0 amide bonds. The van der Waals surface area contributed by atoms with E-state index in [9.17, 15) is 0 Å². The molecule has 1 N–H and O–H groups in total. The molecule has 0 unspecified atom stereocenters. The van der Waals surface area contributed by atoms with Crippen molar-refractivity contribution in [1.29, 1.82) is 0 Å². The van der Waals surface area contributed by atoms with Crippen LogP contribution in [0.25, 0.3) is 11.3 Å². The van der Waals surface area contributed by atoms with Gasteiger partial charge >= 0.3 is 0 Å². The van der Waals surface area contributed by atoms with E-state index in [4.69, 9.17) is 4.98 Å². The number of nitrogens with one attached hydrogen (secondary N) is 1. The highest BCUT2D eigenvalue weighted by Gasteiger charge is 2.28. The Morgan fingerprint density at radius 3 is 2.61 bits per heavy atom. The Morgan fingerprint density at radius 1 is 1.28 bits per heavy atom. The molecule has 2 aromatic rings. The maximum absolute atomic E-state index is 4.78. The van der Waals surface area contributed by atoms with Gasteiger partial charge in [-0.1, -0.05) is 0 Å². The summed E-state index contributed by atoms with van der Waals surface area (Å²) >= 11 is 1.77. The fourth-order valence-corrected chi connectivity index (χ4v) is 2.84. The highest BCUT2D eigenvalue weighted by atomic mass is 32.1.